The predicted molar refractivity (Wildman–Crippen MR) is 132 cm³/mol. The lowest BCUT2D eigenvalue weighted by Gasteiger charge is -2.20. The van der Waals surface area contributed by atoms with E-state index in [2.05, 4.69) is 15.4 Å². The van der Waals surface area contributed by atoms with Crippen LogP contribution in [0.5, 0.6) is 0 Å². The maximum Gasteiger partial charge on any atom is 0.325 e. The van der Waals surface area contributed by atoms with Crippen molar-refractivity contribution in [2.24, 2.45) is 0 Å². The molecular weight excluding hydrogens is 468 g/mol. The molecule has 1 spiro atoms. The number of hydrogen-bond acceptors (Lipinski definition) is 5. The van der Waals surface area contributed by atoms with Gasteiger partial charge in [0.25, 0.3) is 15.9 Å². The van der Waals surface area contributed by atoms with E-state index >= 15 is 0 Å². The Bertz CT molecular complexity index is 1270. The highest BCUT2D eigenvalue weighted by Gasteiger charge is 2.52. The molecule has 4 amide bonds. The van der Waals surface area contributed by atoms with Gasteiger partial charge < -0.3 is 10.6 Å². The molecule has 9 nitrogen and oxygen atoms in total. The van der Waals surface area contributed by atoms with Crippen LogP contribution in [0.25, 0.3) is 0 Å². The number of rotatable bonds is 8. The largest absolute Gasteiger partial charge is 0.326 e. The highest BCUT2D eigenvalue weighted by molar-refractivity contribution is 7.92. The highest BCUT2D eigenvalue weighted by atomic mass is 32.2. The Morgan fingerprint density at radius 2 is 1.83 bits per heavy atom. The SMILES string of the molecule is Cc1cccc(NS(=O)(=O)c2ccc(C)c(NC(=O)CCCN3C(=O)NC4(CCCC4)C3=O)c2)c1. The Balaban J connectivity index is 1.36. The second-order valence-corrected chi connectivity index (χ2v) is 11.0. The van der Waals surface area contributed by atoms with Gasteiger partial charge in [0, 0.05) is 24.3 Å². The first-order chi connectivity index (χ1) is 16.6. The number of imide groups is 1. The third-order valence-corrected chi connectivity index (χ3v) is 7.93. The number of sulfonamides is 1. The Morgan fingerprint density at radius 3 is 2.54 bits per heavy atom. The minimum atomic E-state index is -3.85. The number of carbonyl (C=O) groups is 3. The fourth-order valence-electron chi connectivity index (χ4n) is 4.63. The third kappa shape index (κ3) is 5.32. The number of benzene rings is 2. The fourth-order valence-corrected chi connectivity index (χ4v) is 5.71. The van der Waals surface area contributed by atoms with E-state index in [-0.39, 0.29) is 29.7 Å². The van der Waals surface area contributed by atoms with Crippen molar-refractivity contribution in [1.29, 1.82) is 0 Å². The van der Waals surface area contributed by atoms with Crippen LogP contribution < -0.4 is 15.4 Å². The average molecular weight is 499 g/mol. The van der Waals surface area contributed by atoms with Gasteiger partial charge in [0.2, 0.25) is 5.91 Å². The van der Waals surface area contributed by atoms with Crippen LogP contribution in [0.2, 0.25) is 0 Å². The number of hydrogen-bond donors (Lipinski definition) is 3. The van der Waals surface area contributed by atoms with Gasteiger partial charge in [-0.3, -0.25) is 19.2 Å². The summed E-state index contributed by atoms with van der Waals surface area (Å²) in [5.41, 5.74) is 1.73. The summed E-state index contributed by atoms with van der Waals surface area (Å²) in [5, 5.41) is 5.59. The second kappa shape index (κ2) is 9.69. The molecule has 0 bridgehead atoms. The van der Waals surface area contributed by atoms with E-state index in [0.29, 0.717) is 36.2 Å². The number of nitrogens with one attached hydrogen (secondary N) is 3. The number of carbonyl (C=O) groups excluding carboxylic acids is 3. The summed E-state index contributed by atoms with van der Waals surface area (Å²) in [6.07, 6.45) is 3.54. The molecule has 0 atom stereocenters. The van der Waals surface area contributed by atoms with E-state index in [4.69, 9.17) is 0 Å². The van der Waals surface area contributed by atoms with E-state index in [1.807, 2.05) is 13.0 Å². The van der Waals surface area contributed by atoms with Crippen molar-refractivity contribution in [1.82, 2.24) is 10.2 Å². The molecule has 0 unspecified atom stereocenters. The molecule has 1 aliphatic carbocycles. The molecule has 1 aliphatic heterocycles. The van der Waals surface area contributed by atoms with Gasteiger partial charge in [-0.1, -0.05) is 31.0 Å². The molecule has 2 aliphatic rings. The third-order valence-electron chi connectivity index (χ3n) is 6.55. The van der Waals surface area contributed by atoms with Gasteiger partial charge in [-0.25, -0.2) is 13.2 Å². The van der Waals surface area contributed by atoms with Crippen molar-refractivity contribution in [3.63, 3.8) is 0 Å². The van der Waals surface area contributed by atoms with E-state index in [1.165, 1.54) is 17.0 Å². The lowest BCUT2D eigenvalue weighted by atomic mass is 9.98. The first-order valence-corrected chi connectivity index (χ1v) is 13.2. The molecule has 3 N–H and O–H groups in total. The summed E-state index contributed by atoms with van der Waals surface area (Å²) in [6, 6.07) is 11.2. The predicted octanol–water partition coefficient (Wildman–Crippen LogP) is 3.69. The van der Waals surface area contributed by atoms with Gasteiger partial charge in [-0.2, -0.15) is 0 Å². The van der Waals surface area contributed by atoms with Crippen LogP contribution in [0.15, 0.2) is 47.4 Å². The van der Waals surface area contributed by atoms with Gasteiger partial charge in [-0.05, 0) is 68.5 Å². The van der Waals surface area contributed by atoms with E-state index < -0.39 is 21.6 Å². The number of amides is 4. The van der Waals surface area contributed by atoms with Crippen LogP contribution in [0.3, 0.4) is 0 Å². The van der Waals surface area contributed by atoms with Gasteiger partial charge >= 0.3 is 6.03 Å². The smallest absolute Gasteiger partial charge is 0.325 e. The number of nitrogens with zero attached hydrogens (tertiary/aromatic N) is 1. The van der Waals surface area contributed by atoms with Crippen molar-refractivity contribution in [2.75, 3.05) is 16.6 Å². The van der Waals surface area contributed by atoms with E-state index in [1.54, 1.807) is 31.2 Å². The van der Waals surface area contributed by atoms with Crippen LogP contribution in [0, 0.1) is 13.8 Å². The molecule has 2 fully saturated rings. The summed E-state index contributed by atoms with van der Waals surface area (Å²) in [7, 11) is -3.85. The van der Waals surface area contributed by atoms with Crippen molar-refractivity contribution in [3.05, 3.63) is 53.6 Å². The van der Waals surface area contributed by atoms with Crippen molar-refractivity contribution >= 4 is 39.2 Å². The molecule has 4 rings (SSSR count). The quantitative estimate of drug-likeness (QED) is 0.479. The minimum absolute atomic E-state index is 0.0288. The number of aryl methyl sites for hydroxylation is 2. The molecule has 0 radical (unpaired) electrons. The van der Waals surface area contributed by atoms with Crippen LogP contribution in [-0.2, 0) is 19.6 Å². The van der Waals surface area contributed by atoms with Crippen molar-refractivity contribution in [3.8, 4) is 0 Å². The first-order valence-electron chi connectivity index (χ1n) is 11.7. The van der Waals surface area contributed by atoms with Crippen LogP contribution in [0.4, 0.5) is 16.2 Å². The fraction of sp³-hybridized carbons (Fsp3) is 0.400. The molecule has 2 aromatic rings. The molecule has 1 saturated heterocycles. The first kappa shape index (κ1) is 24.7. The summed E-state index contributed by atoms with van der Waals surface area (Å²) in [6.45, 7) is 3.80. The van der Waals surface area contributed by atoms with E-state index in [9.17, 15) is 22.8 Å². The van der Waals surface area contributed by atoms with Crippen LogP contribution in [0.1, 0.15) is 49.7 Å². The Kier molecular flexibility index (Phi) is 6.84. The standard InChI is InChI=1S/C25H30N4O5S/c1-17-7-5-8-19(15-17)28-35(33,34)20-11-10-18(2)21(16-20)26-22(30)9-6-14-29-23(31)25(27-24(29)32)12-3-4-13-25/h5,7-8,10-11,15-16,28H,3-4,6,9,12-14H2,1-2H3,(H,26,30)(H,27,32). The zero-order chi connectivity index (χ0) is 25.2. The molecule has 2 aromatic carbocycles. The van der Waals surface area contributed by atoms with E-state index in [0.717, 1.165) is 18.4 Å². The average Bonchev–Trinajstić information content (AvgIpc) is 3.35. The molecule has 35 heavy (non-hydrogen) atoms. The Labute approximate surface area is 205 Å². The molecule has 10 heteroatoms. The molecule has 186 valence electrons. The number of urea groups is 1. The van der Waals surface area contributed by atoms with Crippen molar-refractivity contribution in [2.45, 2.75) is 62.8 Å². The van der Waals surface area contributed by atoms with Crippen LogP contribution in [-0.4, -0.2) is 43.2 Å². The summed E-state index contributed by atoms with van der Waals surface area (Å²) >= 11 is 0. The molecule has 0 aromatic heterocycles. The topological polar surface area (TPSA) is 125 Å². The summed E-state index contributed by atoms with van der Waals surface area (Å²) in [5.74, 6) is -0.521. The summed E-state index contributed by atoms with van der Waals surface area (Å²) in [4.78, 5) is 38.8. The zero-order valence-electron chi connectivity index (χ0n) is 19.9. The van der Waals surface area contributed by atoms with Crippen molar-refractivity contribution < 1.29 is 22.8 Å². The Hall–Kier alpha value is -3.40. The Morgan fingerprint density at radius 1 is 1.09 bits per heavy atom. The van der Waals surface area contributed by atoms with Crippen LogP contribution >= 0.6 is 0 Å². The molecule has 1 heterocycles. The summed E-state index contributed by atoms with van der Waals surface area (Å²) < 4.78 is 28.3. The minimum Gasteiger partial charge on any atom is -0.326 e. The van der Waals surface area contributed by atoms with Gasteiger partial charge in [0.1, 0.15) is 5.54 Å². The lowest BCUT2D eigenvalue weighted by Crippen LogP contribution is -2.44. The second-order valence-electron chi connectivity index (χ2n) is 9.28. The highest BCUT2D eigenvalue weighted by Crippen LogP contribution is 2.35. The lowest BCUT2D eigenvalue weighted by molar-refractivity contribution is -0.131. The van der Waals surface area contributed by atoms with Gasteiger partial charge in [0.05, 0.1) is 4.90 Å². The number of anilines is 2. The van der Waals surface area contributed by atoms with Gasteiger partial charge in [-0.15, -0.1) is 0 Å². The van der Waals surface area contributed by atoms with Gasteiger partial charge in [0.15, 0.2) is 0 Å². The zero-order valence-corrected chi connectivity index (χ0v) is 20.7. The maximum absolute atomic E-state index is 12.9. The molecular formula is C25H30N4O5S. The molecule has 1 saturated carbocycles. The normalized spacial score (nSPS) is 17.0. The monoisotopic (exact) mass is 498 g/mol. The maximum atomic E-state index is 12.9.